The minimum absolute atomic E-state index is 0.174. The number of hydrogen-bond acceptors (Lipinski definition) is 5. The highest BCUT2D eigenvalue weighted by molar-refractivity contribution is 7.99. The van der Waals surface area contributed by atoms with Crippen LogP contribution in [0.1, 0.15) is 26.7 Å². The lowest BCUT2D eigenvalue weighted by Gasteiger charge is -2.13. The van der Waals surface area contributed by atoms with Crippen LogP contribution in [-0.4, -0.2) is 55.4 Å². The monoisotopic (exact) mass is 278 g/mol. The quantitative estimate of drug-likeness (QED) is 0.551. The van der Waals surface area contributed by atoms with Gasteiger partial charge in [-0.25, -0.2) is 0 Å². The summed E-state index contributed by atoms with van der Waals surface area (Å²) in [6.45, 7) is 5.10. The van der Waals surface area contributed by atoms with E-state index in [-0.39, 0.29) is 11.7 Å². The molecule has 0 saturated carbocycles. The maximum Gasteiger partial charge on any atom is 0.132 e. The predicted octanol–water partition coefficient (Wildman–Crippen LogP) is 1.75. The Balaban J connectivity index is 3.44. The zero-order valence-electron chi connectivity index (χ0n) is 11.7. The summed E-state index contributed by atoms with van der Waals surface area (Å²) in [6, 6.07) is 0. The summed E-state index contributed by atoms with van der Waals surface area (Å²) in [4.78, 5) is 11.2. The normalized spacial score (nSPS) is 14.4. The number of rotatable bonds is 12. The molecule has 108 valence electrons. The van der Waals surface area contributed by atoms with Crippen molar-refractivity contribution in [2.75, 3.05) is 38.4 Å². The van der Waals surface area contributed by atoms with Crippen LogP contribution in [0.4, 0.5) is 0 Å². The van der Waals surface area contributed by atoms with Crippen LogP contribution in [-0.2, 0) is 14.3 Å². The molecule has 18 heavy (non-hydrogen) atoms. The number of hydrogen-bond donors (Lipinski definition) is 1. The molecule has 4 nitrogen and oxygen atoms in total. The van der Waals surface area contributed by atoms with Crippen molar-refractivity contribution >= 4 is 17.5 Å². The number of carbonyl (C=O) groups excluding carboxylic acids is 1. The first kappa shape index (κ1) is 17.9. The van der Waals surface area contributed by atoms with Crippen LogP contribution in [0.25, 0.3) is 0 Å². The van der Waals surface area contributed by atoms with Gasteiger partial charge < -0.3 is 14.6 Å². The maximum absolute atomic E-state index is 11.2. The van der Waals surface area contributed by atoms with Crippen molar-refractivity contribution in [2.24, 2.45) is 5.92 Å². The van der Waals surface area contributed by atoms with E-state index in [1.54, 1.807) is 25.8 Å². The van der Waals surface area contributed by atoms with Gasteiger partial charge in [0, 0.05) is 18.8 Å². The number of Topliss-reactive ketones (excluding diaryl/α,β-unsaturated/α-hetero) is 1. The van der Waals surface area contributed by atoms with Crippen molar-refractivity contribution < 1.29 is 19.4 Å². The molecule has 0 aliphatic heterocycles. The number of aliphatic hydroxyl groups excluding tert-OH is 1. The number of thioether (sulfide) groups is 1. The molecule has 0 aromatic rings. The summed E-state index contributed by atoms with van der Waals surface area (Å²) in [7, 11) is 1.62. The van der Waals surface area contributed by atoms with Crippen LogP contribution < -0.4 is 0 Å². The molecule has 0 fully saturated rings. The highest BCUT2D eigenvalue weighted by Gasteiger charge is 2.11. The zero-order chi connectivity index (χ0) is 13.8. The molecule has 0 radical (unpaired) electrons. The van der Waals surface area contributed by atoms with Crippen molar-refractivity contribution in [1.82, 2.24) is 0 Å². The number of ketones is 1. The Morgan fingerprint density at radius 1 is 1.39 bits per heavy atom. The summed E-state index contributed by atoms with van der Waals surface area (Å²) in [5.41, 5.74) is 0. The van der Waals surface area contributed by atoms with Gasteiger partial charge in [0.15, 0.2) is 0 Å². The van der Waals surface area contributed by atoms with E-state index in [1.807, 2.05) is 6.92 Å². The second-order valence-electron chi connectivity index (χ2n) is 4.30. The topological polar surface area (TPSA) is 55.8 Å². The SMILES string of the molecule is CC[C@@H](CCSCC(O)COCCOC)C(C)=O. The van der Waals surface area contributed by atoms with Gasteiger partial charge in [-0.05, 0) is 25.5 Å². The lowest BCUT2D eigenvalue weighted by molar-refractivity contribution is -0.120. The van der Waals surface area contributed by atoms with Crippen molar-refractivity contribution in [3.8, 4) is 0 Å². The predicted molar refractivity (Wildman–Crippen MR) is 75.1 cm³/mol. The third kappa shape index (κ3) is 9.88. The Kier molecular flexibility index (Phi) is 11.9. The summed E-state index contributed by atoms with van der Waals surface area (Å²) in [6.07, 6.45) is 1.36. The number of methoxy groups -OCH3 is 1. The van der Waals surface area contributed by atoms with E-state index in [0.29, 0.717) is 25.6 Å². The van der Waals surface area contributed by atoms with Crippen LogP contribution >= 0.6 is 11.8 Å². The molecule has 0 aromatic heterocycles. The molecule has 0 heterocycles. The van der Waals surface area contributed by atoms with Crippen LogP contribution in [0.15, 0.2) is 0 Å². The van der Waals surface area contributed by atoms with Gasteiger partial charge in [-0.3, -0.25) is 4.79 Å². The molecule has 0 saturated heterocycles. The Morgan fingerprint density at radius 2 is 2.11 bits per heavy atom. The van der Waals surface area contributed by atoms with E-state index in [2.05, 4.69) is 0 Å². The molecule has 0 bridgehead atoms. The molecule has 1 N–H and O–H groups in total. The van der Waals surface area contributed by atoms with Crippen molar-refractivity contribution in [1.29, 1.82) is 0 Å². The van der Waals surface area contributed by atoms with Crippen LogP contribution in [0.5, 0.6) is 0 Å². The van der Waals surface area contributed by atoms with Gasteiger partial charge in [0.2, 0.25) is 0 Å². The molecule has 0 aliphatic carbocycles. The largest absolute Gasteiger partial charge is 0.390 e. The summed E-state index contributed by atoms with van der Waals surface area (Å²) in [5, 5.41) is 9.63. The standard InChI is InChI=1S/C13H26O4S/c1-4-12(11(2)14)5-8-18-10-13(15)9-17-7-6-16-3/h12-13,15H,4-10H2,1-3H3/t12-,13?/m0/s1. The Bertz CT molecular complexity index is 211. The fourth-order valence-corrected chi connectivity index (χ4v) is 2.54. The first-order valence-corrected chi connectivity index (χ1v) is 7.60. The van der Waals surface area contributed by atoms with Crippen molar-refractivity contribution in [2.45, 2.75) is 32.8 Å². The van der Waals surface area contributed by atoms with Crippen molar-refractivity contribution in [3.05, 3.63) is 0 Å². The average molecular weight is 278 g/mol. The molecule has 0 aliphatic rings. The molecular weight excluding hydrogens is 252 g/mol. The van der Waals surface area contributed by atoms with E-state index >= 15 is 0 Å². The average Bonchev–Trinajstić information content (AvgIpc) is 2.34. The van der Waals surface area contributed by atoms with Gasteiger partial charge in [-0.15, -0.1) is 0 Å². The summed E-state index contributed by atoms with van der Waals surface area (Å²) >= 11 is 1.67. The number of carbonyl (C=O) groups is 1. The van der Waals surface area contributed by atoms with Crippen molar-refractivity contribution in [3.63, 3.8) is 0 Å². The fraction of sp³-hybridized carbons (Fsp3) is 0.923. The van der Waals surface area contributed by atoms with Gasteiger partial charge >= 0.3 is 0 Å². The third-order valence-corrected chi connectivity index (χ3v) is 3.88. The number of aliphatic hydroxyl groups is 1. The minimum Gasteiger partial charge on any atom is -0.390 e. The van der Waals surface area contributed by atoms with E-state index in [4.69, 9.17) is 9.47 Å². The first-order valence-electron chi connectivity index (χ1n) is 6.44. The Morgan fingerprint density at radius 3 is 2.67 bits per heavy atom. The smallest absolute Gasteiger partial charge is 0.132 e. The summed E-state index contributed by atoms with van der Waals surface area (Å²) < 4.78 is 10.1. The van der Waals surface area contributed by atoms with Crippen LogP contribution in [0.3, 0.4) is 0 Å². The van der Waals surface area contributed by atoms with Gasteiger partial charge in [-0.2, -0.15) is 11.8 Å². The van der Waals surface area contributed by atoms with Gasteiger partial charge in [0.1, 0.15) is 5.78 Å². The van der Waals surface area contributed by atoms with E-state index in [1.165, 1.54) is 0 Å². The van der Waals surface area contributed by atoms with E-state index < -0.39 is 6.10 Å². The molecule has 5 heteroatoms. The molecule has 0 amide bonds. The summed E-state index contributed by atoms with van der Waals surface area (Å²) in [5.74, 6) is 2.00. The van der Waals surface area contributed by atoms with Gasteiger partial charge in [0.05, 0.1) is 25.9 Å². The Hall–Kier alpha value is -0.100. The molecule has 1 unspecified atom stereocenters. The van der Waals surface area contributed by atoms with Crippen LogP contribution in [0, 0.1) is 5.92 Å². The fourth-order valence-electron chi connectivity index (χ4n) is 1.55. The van der Waals surface area contributed by atoms with Gasteiger partial charge in [0.25, 0.3) is 0 Å². The minimum atomic E-state index is -0.440. The highest BCUT2D eigenvalue weighted by atomic mass is 32.2. The molecule has 0 aromatic carbocycles. The zero-order valence-corrected chi connectivity index (χ0v) is 12.5. The third-order valence-electron chi connectivity index (χ3n) is 2.73. The van der Waals surface area contributed by atoms with Gasteiger partial charge in [-0.1, -0.05) is 6.92 Å². The molecule has 2 atom stereocenters. The van der Waals surface area contributed by atoms with E-state index in [0.717, 1.165) is 18.6 Å². The molecular formula is C13H26O4S. The Labute approximate surface area is 114 Å². The highest BCUT2D eigenvalue weighted by Crippen LogP contribution is 2.14. The van der Waals surface area contributed by atoms with Crippen LogP contribution in [0.2, 0.25) is 0 Å². The second-order valence-corrected chi connectivity index (χ2v) is 5.45. The van der Waals surface area contributed by atoms with E-state index in [9.17, 15) is 9.90 Å². The number of ether oxygens (including phenoxy) is 2. The second kappa shape index (κ2) is 12.0. The maximum atomic E-state index is 11.2. The lowest BCUT2D eigenvalue weighted by atomic mass is 10.00. The first-order chi connectivity index (χ1) is 8.61. The molecule has 0 spiro atoms. The molecule has 0 rings (SSSR count). The lowest BCUT2D eigenvalue weighted by Crippen LogP contribution is -2.20.